The second kappa shape index (κ2) is 6.12. The highest BCUT2D eigenvalue weighted by Crippen LogP contribution is 2.25. The summed E-state index contributed by atoms with van der Waals surface area (Å²) in [4.78, 5) is 12.6. The summed E-state index contributed by atoms with van der Waals surface area (Å²) in [7, 11) is 0. The minimum absolute atomic E-state index is 0.343. The lowest BCUT2D eigenvalue weighted by Crippen LogP contribution is -2.46. The minimum Gasteiger partial charge on any atom is -0.468 e. The van der Waals surface area contributed by atoms with Gasteiger partial charge in [0, 0.05) is 10.6 Å². The maximum Gasteiger partial charge on any atom is 0.325 e. The number of carbonyl (C=O) groups is 1. The molecule has 1 atom stereocenters. The van der Waals surface area contributed by atoms with Crippen LogP contribution in [0.25, 0.3) is 0 Å². The first-order valence-electron chi connectivity index (χ1n) is 5.60. The second-order valence-corrected chi connectivity index (χ2v) is 5.21. The zero-order valence-electron chi connectivity index (χ0n) is 10.5. The van der Waals surface area contributed by atoms with Crippen LogP contribution in [-0.2, 0) is 9.53 Å². The van der Waals surface area contributed by atoms with E-state index in [1.807, 2.05) is 13.0 Å². The van der Waals surface area contributed by atoms with Crippen LogP contribution in [-0.4, -0.2) is 23.9 Å². The van der Waals surface area contributed by atoms with Gasteiger partial charge in [-0.05, 0) is 33.3 Å². The van der Waals surface area contributed by atoms with Crippen LogP contribution in [0.15, 0.2) is 21.6 Å². The third kappa shape index (κ3) is 4.09. The third-order valence-corrected chi connectivity index (χ3v) is 3.57. The first kappa shape index (κ1) is 14.1. The minimum atomic E-state index is -0.916. The molecule has 5 heteroatoms. The smallest absolute Gasteiger partial charge is 0.325 e. The molecule has 2 N–H and O–H groups in total. The number of ether oxygens (including phenoxy) is 1. The van der Waals surface area contributed by atoms with Crippen molar-refractivity contribution in [3.8, 4) is 0 Å². The molecule has 17 heavy (non-hydrogen) atoms. The molecule has 1 heterocycles. The number of hydrogen-bond donors (Lipinski definition) is 1. The molecule has 0 aliphatic heterocycles. The molecule has 1 rings (SSSR count). The Balaban J connectivity index is 2.40. The van der Waals surface area contributed by atoms with Crippen molar-refractivity contribution in [3.63, 3.8) is 0 Å². The summed E-state index contributed by atoms with van der Waals surface area (Å²) in [6, 6.07) is 1.91. The monoisotopic (exact) mass is 257 g/mol. The number of hydrogen-bond acceptors (Lipinski definition) is 5. The van der Waals surface area contributed by atoms with Gasteiger partial charge in [-0.1, -0.05) is 0 Å². The van der Waals surface area contributed by atoms with E-state index in [2.05, 4.69) is 0 Å². The molecule has 96 valence electrons. The maximum absolute atomic E-state index is 11.5. The van der Waals surface area contributed by atoms with Gasteiger partial charge in [-0.25, -0.2) is 0 Å². The van der Waals surface area contributed by atoms with Gasteiger partial charge in [0.25, 0.3) is 0 Å². The summed E-state index contributed by atoms with van der Waals surface area (Å²) in [5.74, 6) is 1.31. The molecule has 0 saturated carbocycles. The summed E-state index contributed by atoms with van der Waals surface area (Å²) in [6.45, 7) is 5.75. The summed E-state index contributed by atoms with van der Waals surface area (Å²) in [5, 5.41) is 0. The first-order valence-corrected chi connectivity index (χ1v) is 6.59. The highest BCUT2D eigenvalue weighted by Gasteiger charge is 2.29. The van der Waals surface area contributed by atoms with Gasteiger partial charge in [0.15, 0.2) is 0 Å². The van der Waals surface area contributed by atoms with Gasteiger partial charge in [-0.3, -0.25) is 4.79 Å². The van der Waals surface area contributed by atoms with Crippen LogP contribution in [0.4, 0.5) is 0 Å². The molecular formula is C12H19NO3S. The standard InChI is InChI=1S/C12H19NO3S/c1-4-15-11(14)12(3,13)6-8-17-10-5-7-16-9(10)2/h5,7H,4,6,8,13H2,1-3H3. The number of esters is 1. The van der Waals surface area contributed by atoms with E-state index < -0.39 is 5.54 Å². The average molecular weight is 257 g/mol. The van der Waals surface area contributed by atoms with Gasteiger partial charge < -0.3 is 14.9 Å². The van der Waals surface area contributed by atoms with Gasteiger partial charge in [0.2, 0.25) is 0 Å². The lowest BCUT2D eigenvalue weighted by Gasteiger charge is -2.21. The van der Waals surface area contributed by atoms with Gasteiger partial charge in [-0.15, -0.1) is 11.8 Å². The first-order chi connectivity index (χ1) is 7.97. The molecule has 1 aromatic heterocycles. The summed E-state index contributed by atoms with van der Waals surface area (Å²) in [6.07, 6.45) is 2.23. The maximum atomic E-state index is 11.5. The fraction of sp³-hybridized carbons (Fsp3) is 0.583. The topological polar surface area (TPSA) is 65.5 Å². The average Bonchev–Trinajstić information content (AvgIpc) is 2.65. The van der Waals surface area contributed by atoms with E-state index in [-0.39, 0.29) is 5.97 Å². The van der Waals surface area contributed by atoms with Crippen LogP contribution in [0.2, 0.25) is 0 Å². The highest BCUT2D eigenvalue weighted by molar-refractivity contribution is 7.99. The molecule has 1 unspecified atom stereocenters. The van der Waals surface area contributed by atoms with Crippen LogP contribution in [0.3, 0.4) is 0 Å². The fourth-order valence-electron chi connectivity index (χ4n) is 1.29. The Hall–Kier alpha value is -0.940. The van der Waals surface area contributed by atoms with Crippen LogP contribution < -0.4 is 5.73 Å². The Morgan fingerprint density at radius 3 is 2.88 bits per heavy atom. The van der Waals surface area contributed by atoms with Gasteiger partial charge in [0.05, 0.1) is 12.9 Å². The molecule has 0 fully saturated rings. The molecule has 0 spiro atoms. The molecule has 0 bridgehead atoms. The Kier molecular flexibility index (Phi) is 5.08. The normalized spacial score (nSPS) is 14.4. The van der Waals surface area contributed by atoms with E-state index in [0.717, 1.165) is 16.4 Å². The van der Waals surface area contributed by atoms with E-state index in [0.29, 0.717) is 13.0 Å². The second-order valence-electron chi connectivity index (χ2n) is 4.08. The van der Waals surface area contributed by atoms with Crippen molar-refractivity contribution in [2.45, 2.75) is 37.6 Å². The fourth-order valence-corrected chi connectivity index (χ4v) is 2.44. The SMILES string of the molecule is CCOC(=O)C(C)(N)CCSc1ccoc1C. The van der Waals surface area contributed by atoms with Crippen molar-refractivity contribution in [3.05, 3.63) is 18.1 Å². The molecule has 0 aliphatic rings. The van der Waals surface area contributed by atoms with Crippen molar-refractivity contribution in [2.24, 2.45) is 5.73 Å². The van der Waals surface area contributed by atoms with Crippen molar-refractivity contribution in [2.75, 3.05) is 12.4 Å². The summed E-state index contributed by atoms with van der Waals surface area (Å²) in [5.41, 5.74) is 5.00. The lowest BCUT2D eigenvalue weighted by molar-refractivity contribution is -0.149. The van der Waals surface area contributed by atoms with Crippen molar-refractivity contribution in [1.29, 1.82) is 0 Å². The van der Waals surface area contributed by atoms with Crippen molar-refractivity contribution >= 4 is 17.7 Å². The zero-order valence-corrected chi connectivity index (χ0v) is 11.3. The molecule has 4 nitrogen and oxygen atoms in total. The number of rotatable bonds is 6. The highest BCUT2D eigenvalue weighted by atomic mass is 32.2. The molecule has 0 amide bonds. The van der Waals surface area contributed by atoms with Gasteiger partial charge >= 0.3 is 5.97 Å². The third-order valence-electron chi connectivity index (χ3n) is 2.43. The molecule has 0 aromatic carbocycles. The van der Waals surface area contributed by atoms with E-state index in [4.69, 9.17) is 14.9 Å². The van der Waals surface area contributed by atoms with Crippen LogP contribution in [0.5, 0.6) is 0 Å². The molecule has 0 aliphatic carbocycles. The van der Waals surface area contributed by atoms with E-state index in [1.165, 1.54) is 0 Å². The molecule has 0 saturated heterocycles. The van der Waals surface area contributed by atoms with Gasteiger partial charge in [-0.2, -0.15) is 0 Å². The predicted molar refractivity (Wildman–Crippen MR) is 68.0 cm³/mol. The molecule has 0 radical (unpaired) electrons. The quantitative estimate of drug-likeness (QED) is 0.626. The summed E-state index contributed by atoms with van der Waals surface area (Å²) >= 11 is 1.63. The number of thioether (sulfide) groups is 1. The number of aryl methyl sites for hydroxylation is 1. The molecular weight excluding hydrogens is 238 g/mol. The van der Waals surface area contributed by atoms with Crippen LogP contribution in [0, 0.1) is 6.92 Å². The van der Waals surface area contributed by atoms with Crippen molar-refractivity contribution < 1.29 is 13.9 Å². The van der Waals surface area contributed by atoms with E-state index in [1.54, 1.807) is 31.9 Å². The van der Waals surface area contributed by atoms with Crippen molar-refractivity contribution in [1.82, 2.24) is 0 Å². The van der Waals surface area contributed by atoms with Gasteiger partial charge in [0.1, 0.15) is 11.3 Å². The van der Waals surface area contributed by atoms with E-state index in [9.17, 15) is 4.79 Å². The largest absolute Gasteiger partial charge is 0.468 e. The summed E-state index contributed by atoms with van der Waals surface area (Å²) < 4.78 is 10.1. The number of carbonyl (C=O) groups excluding carboxylic acids is 1. The van der Waals surface area contributed by atoms with E-state index >= 15 is 0 Å². The lowest BCUT2D eigenvalue weighted by atomic mass is 10.0. The number of nitrogens with two attached hydrogens (primary N) is 1. The molecule has 1 aromatic rings. The van der Waals surface area contributed by atoms with Crippen LogP contribution in [0.1, 0.15) is 26.0 Å². The zero-order chi connectivity index (χ0) is 12.9. The Bertz CT molecular complexity index is 374. The Labute approximate surface area is 106 Å². The Morgan fingerprint density at radius 1 is 1.65 bits per heavy atom. The Morgan fingerprint density at radius 2 is 2.35 bits per heavy atom. The number of furan rings is 1. The predicted octanol–water partition coefficient (Wildman–Crippen LogP) is 2.35. The van der Waals surface area contributed by atoms with Crippen LogP contribution >= 0.6 is 11.8 Å².